The lowest BCUT2D eigenvalue weighted by Gasteiger charge is -2.18. The molecule has 104 valence electrons. The fourth-order valence-electron chi connectivity index (χ4n) is 2.92. The predicted octanol–water partition coefficient (Wildman–Crippen LogP) is 3.18. The molecule has 1 unspecified atom stereocenters. The summed E-state index contributed by atoms with van der Waals surface area (Å²) < 4.78 is 0. The molecule has 1 aromatic heterocycles. The number of carbonyl (C=O) groups excluding carboxylic acids is 1. The first kappa shape index (κ1) is 13.3. The molecule has 1 amide bonds. The smallest absolute Gasteiger partial charge is 0.229 e. The first-order valence-electron chi connectivity index (χ1n) is 6.97. The highest BCUT2D eigenvalue weighted by Crippen LogP contribution is 2.37. The number of alkyl halides is 1. The van der Waals surface area contributed by atoms with Gasteiger partial charge in [-0.3, -0.25) is 9.69 Å². The number of anilines is 1. The van der Waals surface area contributed by atoms with Crippen LogP contribution in [0.4, 0.5) is 5.13 Å². The van der Waals surface area contributed by atoms with E-state index >= 15 is 0 Å². The zero-order valence-corrected chi connectivity index (χ0v) is 12.4. The van der Waals surface area contributed by atoms with Crippen molar-refractivity contribution in [3.63, 3.8) is 0 Å². The second-order valence-corrected chi connectivity index (χ2v) is 6.78. The Labute approximate surface area is 122 Å². The highest BCUT2D eigenvalue weighted by atomic mass is 35.5. The Morgan fingerprint density at radius 2 is 2.05 bits per heavy atom. The number of aromatic nitrogens is 2. The minimum absolute atomic E-state index is 0.136. The largest absolute Gasteiger partial charge is 0.286 e. The summed E-state index contributed by atoms with van der Waals surface area (Å²) in [5.41, 5.74) is 0. The van der Waals surface area contributed by atoms with E-state index in [1.54, 1.807) is 16.2 Å². The van der Waals surface area contributed by atoms with Crippen LogP contribution in [0.25, 0.3) is 0 Å². The van der Waals surface area contributed by atoms with Crippen LogP contribution >= 0.6 is 22.9 Å². The van der Waals surface area contributed by atoms with Gasteiger partial charge in [-0.05, 0) is 18.8 Å². The molecule has 19 heavy (non-hydrogen) atoms. The van der Waals surface area contributed by atoms with E-state index in [4.69, 9.17) is 11.6 Å². The molecule has 1 atom stereocenters. The van der Waals surface area contributed by atoms with E-state index in [9.17, 15) is 4.79 Å². The molecule has 1 aliphatic carbocycles. The zero-order valence-electron chi connectivity index (χ0n) is 10.8. The molecule has 1 aromatic rings. The summed E-state index contributed by atoms with van der Waals surface area (Å²) in [7, 11) is 0. The molecule has 0 N–H and O–H groups in total. The maximum Gasteiger partial charge on any atom is 0.229 e. The van der Waals surface area contributed by atoms with Gasteiger partial charge in [0.05, 0.1) is 0 Å². The Morgan fingerprint density at radius 3 is 2.74 bits per heavy atom. The van der Waals surface area contributed by atoms with Gasteiger partial charge in [0.2, 0.25) is 11.0 Å². The molecule has 1 saturated carbocycles. The standard InChI is InChI=1S/C13H18ClN3OS/c14-7-9-6-11(18)17(8-9)13-16-15-12(19-13)10-4-2-1-3-5-10/h9-10H,1-8H2. The molecule has 0 aromatic carbocycles. The van der Waals surface area contributed by atoms with Crippen LogP contribution in [0.2, 0.25) is 0 Å². The van der Waals surface area contributed by atoms with Crippen LogP contribution in [0.3, 0.4) is 0 Å². The van der Waals surface area contributed by atoms with E-state index < -0.39 is 0 Å². The van der Waals surface area contributed by atoms with Gasteiger partial charge >= 0.3 is 0 Å². The molecule has 1 aliphatic heterocycles. The first-order valence-corrected chi connectivity index (χ1v) is 8.32. The molecule has 3 rings (SSSR count). The van der Waals surface area contributed by atoms with Crippen LogP contribution in [-0.4, -0.2) is 28.5 Å². The molecule has 2 heterocycles. The number of hydrogen-bond acceptors (Lipinski definition) is 4. The van der Waals surface area contributed by atoms with Gasteiger partial charge in [0, 0.05) is 24.8 Å². The van der Waals surface area contributed by atoms with Gasteiger partial charge in [0.15, 0.2) is 0 Å². The predicted molar refractivity (Wildman–Crippen MR) is 76.9 cm³/mol. The number of halogens is 1. The second kappa shape index (κ2) is 5.75. The quantitative estimate of drug-likeness (QED) is 0.805. The molecule has 0 spiro atoms. The molecule has 0 radical (unpaired) electrons. The van der Waals surface area contributed by atoms with Crippen LogP contribution < -0.4 is 4.90 Å². The van der Waals surface area contributed by atoms with Crippen molar-refractivity contribution in [3.8, 4) is 0 Å². The van der Waals surface area contributed by atoms with Crippen molar-refractivity contribution in [3.05, 3.63) is 5.01 Å². The van der Waals surface area contributed by atoms with Crippen LogP contribution in [-0.2, 0) is 4.79 Å². The molecule has 6 heteroatoms. The average Bonchev–Trinajstić information content (AvgIpc) is 3.06. The number of amides is 1. The van der Waals surface area contributed by atoms with E-state index in [2.05, 4.69) is 10.2 Å². The zero-order chi connectivity index (χ0) is 13.2. The lowest BCUT2D eigenvalue weighted by Crippen LogP contribution is -2.24. The highest BCUT2D eigenvalue weighted by Gasteiger charge is 2.32. The molecule has 1 saturated heterocycles. The van der Waals surface area contributed by atoms with Crippen molar-refractivity contribution >= 4 is 34.0 Å². The van der Waals surface area contributed by atoms with Crippen molar-refractivity contribution in [2.24, 2.45) is 5.92 Å². The fourth-order valence-corrected chi connectivity index (χ4v) is 4.17. The van der Waals surface area contributed by atoms with E-state index in [1.807, 2.05) is 0 Å². The normalized spacial score (nSPS) is 25.2. The van der Waals surface area contributed by atoms with E-state index in [-0.39, 0.29) is 11.8 Å². The Hall–Kier alpha value is -0.680. The van der Waals surface area contributed by atoms with Crippen LogP contribution in [0.15, 0.2) is 0 Å². The van der Waals surface area contributed by atoms with Crippen LogP contribution in [0.1, 0.15) is 49.5 Å². The van der Waals surface area contributed by atoms with Crippen LogP contribution in [0, 0.1) is 5.92 Å². The van der Waals surface area contributed by atoms with Crippen molar-refractivity contribution in [2.75, 3.05) is 17.3 Å². The van der Waals surface area contributed by atoms with Gasteiger partial charge in [-0.2, -0.15) is 0 Å². The molecular formula is C13H18ClN3OS. The first-order chi connectivity index (χ1) is 9.28. The summed E-state index contributed by atoms with van der Waals surface area (Å²) in [6.45, 7) is 0.696. The SMILES string of the molecule is O=C1CC(CCl)CN1c1nnc(C2CCCCC2)s1. The lowest BCUT2D eigenvalue weighted by molar-refractivity contribution is -0.117. The van der Waals surface area contributed by atoms with Crippen molar-refractivity contribution in [2.45, 2.75) is 44.4 Å². The molecule has 4 nitrogen and oxygen atoms in total. The number of rotatable bonds is 3. The summed E-state index contributed by atoms with van der Waals surface area (Å²) in [5, 5.41) is 10.4. The van der Waals surface area contributed by atoms with E-state index in [0.717, 1.165) is 10.1 Å². The minimum atomic E-state index is 0.136. The summed E-state index contributed by atoms with van der Waals surface area (Å²) in [5.74, 6) is 1.49. The Bertz CT molecular complexity index is 458. The van der Waals surface area contributed by atoms with E-state index in [0.29, 0.717) is 24.8 Å². The van der Waals surface area contributed by atoms with Crippen molar-refractivity contribution in [1.82, 2.24) is 10.2 Å². The maximum absolute atomic E-state index is 11.9. The van der Waals surface area contributed by atoms with Gasteiger partial charge in [0.25, 0.3) is 0 Å². The topological polar surface area (TPSA) is 46.1 Å². The summed E-state index contributed by atoms with van der Waals surface area (Å²) in [6, 6.07) is 0. The monoisotopic (exact) mass is 299 g/mol. The Balaban J connectivity index is 1.72. The van der Waals surface area contributed by atoms with Crippen LogP contribution in [0.5, 0.6) is 0 Å². The number of carbonyl (C=O) groups is 1. The Morgan fingerprint density at radius 1 is 1.26 bits per heavy atom. The molecular weight excluding hydrogens is 282 g/mol. The number of hydrogen-bond donors (Lipinski definition) is 0. The fraction of sp³-hybridized carbons (Fsp3) is 0.769. The summed E-state index contributed by atoms with van der Waals surface area (Å²) in [4.78, 5) is 13.7. The number of nitrogens with zero attached hydrogens (tertiary/aromatic N) is 3. The van der Waals surface area contributed by atoms with Gasteiger partial charge in [-0.15, -0.1) is 21.8 Å². The maximum atomic E-state index is 11.9. The lowest BCUT2D eigenvalue weighted by atomic mass is 9.90. The van der Waals surface area contributed by atoms with Crippen molar-refractivity contribution < 1.29 is 4.79 Å². The van der Waals surface area contributed by atoms with Gasteiger partial charge in [-0.25, -0.2) is 0 Å². The molecule has 2 aliphatic rings. The van der Waals surface area contributed by atoms with Gasteiger partial charge in [0.1, 0.15) is 5.01 Å². The summed E-state index contributed by atoms with van der Waals surface area (Å²) in [6.07, 6.45) is 6.89. The third-order valence-corrected chi connectivity index (χ3v) is 5.58. The third-order valence-electron chi connectivity index (χ3n) is 4.04. The minimum Gasteiger partial charge on any atom is -0.286 e. The Kier molecular flexibility index (Phi) is 4.03. The second-order valence-electron chi connectivity index (χ2n) is 5.49. The van der Waals surface area contributed by atoms with Gasteiger partial charge in [-0.1, -0.05) is 30.6 Å². The van der Waals surface area contributed by atoms with E-state index in [1.165, 1.54) is 32.1 Å². The van der Waals surface area contributed by atoms with Crippen molar-refractivity contribution in [1.29, 1.82) is 0 Å². The summed E-state index contributed by atoms with van der Waals surface area (Å²) >= 11 is 7.43. The molecule has 2 fully saturated rings. The average molecular weight is 300 g/mol. The highest BCUT2D eigenvalue weighted by molar-refractivity contribution is 7.15. The third kappa shape index (κ3) is 2.77. The molecule has 0 bridgehead atoms. The van der Waals surface area contributed by atoms with Gasteiger partial charge < -0.3 is 0 Å².